The van der Waals surface area contributed by atoms with E-state index in [1.54, 1.807) is 41.1 Å². The molecule has 1 N–H and O–H groups in total. The zero-order chi connectivity index (χ0) is 18.4. The number of aliphatic hydroxyl groups is 1. The molecule has 1 atom stereocenters. The summed E-state index contributed by atoms with van der Waals surface area (Å²) >= 11 is 7.21. The predicted octanol–water partition coefficient (Wildman–Crippen LogP) is 2.72. The second kappa shape index (κ2) is 8.67. The van der Waals surface area contributed by atoms with Crippen molar-refractivity contribution < 1.29 is 9.84 Å². The molecule has 0 fully saturated rings. The second-order valence-electron chi connectivity index (χ2n) is 5.26. The van der Waals surface area contributed by atoms with E-state index in [0.29, 0.717) is 27.2 Å². The summed E-state index contributed by atoms with van der Waals surface area (Å²) in [5.41, 5.74) is 1.34. The molecule has 0 saturated carbocycles. The molecule has 0 aliphatic rings. The van der Waals surface area contributed by atoms with Crippen molar-refractivity contribution in [3.8, 4) is 17.5 Å². The van der Waals surface area contributed by atoms with Gasteiger partial charge < -0.3 is 9.84 Å². The van der Waals surface area contributed by atoms with Gasteiger partial charge in [0.15, 0.2) is 0 Å². The number of rotatable bonds is 7. The Morgan fingerprint density at radius 3 is 2.62 bits per heavy atom. The van der Waals surface area contributed by atoms with E-state index < -0.39 is 6.10 Å². The Labute approximate surface area is 159 Å². The van der Waals surface area contributed by atoms with E-state index in [0.717, 1.165) is 5.69 Å². The summed E-state index contributed by atoms with van der Waals surface area (Å²) in [6.07, 6.45) is -0.703. The van der Waals surface area contributed by atoms with Crippen molar-refractivity contribution >= 4 is 23.4 Å². The van der Waals surface area contributed by atoms with Gasteiger partial charge in [0.25, 0.3) is 0 Å². The smallest absolute Gasteiger partial charge is 0.214 e. The number of nitrogens with zero attached hydrogens (tertiary/aromatic N) is 5. The molecule has 9 heteroatoms. The van der Waals surface area contributed by atoms with Gasteiger partial charge in [0.1, 0.15) is 12.4 Å². The van der Waals surface area contributed by atoms with Gasteiger partial charge in [-0.1, -0.05) is 23.4 Å². The van der Waals surface area contributed by atoms with Crippen LogP contribution in [0.3, 0.4) is 0 Å². The SMILES string of the molecule is N#Cc1ccc(OCC(O)CSc2nnnn2-c2ccc(Cl)cc2)cc1. The molecule has 132 valence electrons. The summed E-state index contributed by atoms with van der Waals surface area (Å²) < 4.78 is 7.10. The summed E-state index contributed by atoms with van der Waals surface area (Å²) in [6, 6.07) is 15.9. The Kier molecular flexibility index (Phi) is 6.07. The summed E-state index contributed by atoms with van der Waals surface area (Å²) in [5.74, 6) is 0.962. The largest absolute Gasteiger partial charge is 0.491 e. The van der Waals surface area contributed by atoms with Gasteiger partial charge in [-0.2, -0.15) is 9.94 Å². The minimum absolute atomic E-state index is 0.126. The van der Waals surface area contributed by atoms with E-state index in [1.807, 2.05) is 18.2 Å². The van der Waals surface area contributed by atoms with E-state index in [9.17, 15) is 5.11 Å². The molecule has 0 aliphatic heterocycles. The Balaban J connectivity index is 1.53. The summed E-state index contributed by atoms with van der Waals surface area (Å²) in [5, 5.41) is 31.7. The highest BCUT2D eigenvalue weighted by molar-refractivity contribution is 7.99. The second-order valence-corrected chi connectivity index (χ2v) is 6.69. The summed E-state index contributed by atoms with van der Waals surface area (Å²) in [7, 11) is 0. The van der Waals surface area contributed by atoms with E-state index in [1.165, 1.54) is 11.8 Å². The van der Waals surface area contributed by atoms with Gasteiger partial charge in [0, 0.05) is 10.8 Å². The van der Waals surface area contributed by atoms with Crippen LogP contribution in [0, 0.1) is 11.3 Å². The molecule has 3 aromatic rings. The van der Waals surface area contributed by atoms with Crippen molar-refractivity contribution in [2.45, 2.75) is 11.3 Å². The monoisotopic (exact) mass is 387 g/mol. The van der Waals surface area contributed by atoms with Crippen LogP contribution in [0.5, 0.6) is 5.75 Å². The Bertz CT molecular complexity index is 893. The van der Waals surface area contributed by atoms with Crippen molar-refractivity contribution in [3.05, 3.63) is 59.1 Å². The van der Waals surface area contributed by atoms with Crippen LogP contribution in [0.15, 0.2) is 53.7 Å². The molecule has 1 aromatic heterocycles. The zero-order valence-electron chi connectivity index (χ0n) is 13.5. The predicted molar refractivity (Wildman–Crippen MR) is 97.5 cm³/mol. The molecule has 0 radical (unpaired) electrons. The molecule has 7 nitrogen and oxygen atoms in total. The van der Waals surface area contributed by atoms with E-state index >= 15 is 0 Å². The van der Waals surface area contributed by atoms with Crippen LogP contribution in [0.1, 0.15) is 5.56 Å². The van der Waals surface area contributed by atoms with Gasteiger partial charge in [-0.05, 0) is 59.0 Å². The number of hydrogen-bond acceptors (Lipinski definition) is 7. The number of tetrazole rings is 1. The number of nitriles is 1. The minimum atomic E-state index is -0.703. The highest BCUT2D eigenvalue weighted by atomic mass is 35.5. The minimum Gasteiger partial charge on any atom is -0.491 e. The lowest BCUT2D eigenvalue weighted by molar-refractivity contribution is 0.126. The third-order valence-corrected chi connectivity index (χ3v) is 4.66. The maximum absolute atomic E-state index is 10.1. The number of thioether (sulfide) groups is 1. The molecular formula is C17H14ClN5O2S. The van der Waals surface area contributed by atoms with Crippen LogP contribution >= 0.6 is 23.4 Å². The Morgan fingerprint density at radius 1 is 1.19 bits per heavy atom. The van der Waals surface area contributed by atoms with Crippen molar-refractivity contribution in [1.29, 1.82) is 5.26 Å². The highest BCUT2D eigenvalue weighted by Gasteiger charge is 2.13. The number of hydrogen-bond donors (Lipinski definition) is 1. The van der Waals surface area contributed by atoms with Crippen LogP contribution in [0.2, 0.25) is 5.02 Å². The lowest BCUT2D eigenvalue weighted by atomic mass is 10.2. The third-order valence-electron chi connectivity index (χ3n) is 3.34. The summed E-state index contributed by atoms with van der Waals surface area (Å²) in [4.78, 5) is 0. The number of aliphatic hydroxyl groups excluding tert-OH is 1. The first-order valence-corrected chi connectivity index (χ1v) is 9.00. The first kappa shape index (κ1) is 18.2. The fraction of sp³-hybridized carbons (Fsp3) is 0.176. The van der Waals surface area contributed by atoms with Gasteiger partial charge in [0.05, 0.1) is 23.4 Å². The lowest BCUT2D eigenvalue weighted by Gasteiger charge is -2.12. The standard InChI is InChI=1S/C17H14ClN5O2S/c18-13-3-5-14(6-4-13)23-17(20-21-22-23)26-11-15(24)10-25-16-7-1-12(9-19)2-8-16/h1-8,15,24H,10-11H2. The first-order valence-electron chi connectivity index (χ1n) is 7.64. The number of ether oxygens (including phenoxy) is 1. The summed E-state index contributed by atoms with van der Waals surface area (Å²) in [6.45, 7) is 0.126. The van der Waals surface area contributed by atoms with Crippen LogP contribution in [-0.2, 0) is 0 Å². The Hall–Kier alpha value is -2.60. The average Bonchev–Trinajstić information content (AvgIpc) is 3.14. The normalized spacial score (nSPS) is 11.7. The molecule has 3 rings (SSSR count). The number of benzene rings is 2. The van der Waals surface area contributed by atoms with Gasteiger partial charge in [-0.3, -0.25) is 0 Å². The van der Waals surface area contributed by atoms with E-state index in [2.05, 4.69) is 15.5 Å². The van der Waals surface area contributed by atoms with Crippen molar-refractivity contribution in [1.82, 2.24) is 20.2 Å². The fourth-order valence-electron chi connectivity index (χ4n) is 2.05. The quantitative estimate of drug-likeness (QED) is 0.622. The number of halogens is 1. The molecule has 0 amide bonds. The molecular weight excluding hydrogens is 374 g/mol. The third kappa shape index (κ3) is 4.73. The fourth-order valence-corrected chi connectivity index (χ4v) is 2.97. The Morgan fingerprint density at radius 2 is 1.92 bits per heavy atom. The van der Waals surface area contributed by atoms with Crippen molar-refractivity contribution in [2.24, 2.45) is 0 Å². The maximum atomic E-state index is 10.1. The molecule has 2 aromatic carbocycles. The van der Waals surface area contributed by atoms with Gasteiger partial charge in [-0.25, -0.2) is 0 Å². The van der Waals surface area contributed by atoms with Gasteiger partial charge in [0.2, 0.25) is 5.16 Å². The van der Waals surface area contributed by atoms with E-state index in [4.69, 9.17) is 21.6 Å². The maximum Gasteiger partial charge on any atom is 0.214 e. The zero-order valence-corrected chi connectivity index (χ0v) is 15.1. The topological polar surface area (TPSA) is 96.8 Å². The van der Waals surface area contributed by atoms with Crippen LogP contribution < -0.4 is 4.74 Å². The van der Waals surface area contributed by atoms with Gasteiger partial charge >= 0.3 is 0 Å². The highest BCUT2D eigenvalue weighted by Crippen LogP contribution is 2.20. The van der Waals surface area contributed by atoms with Crippen molar-refractivity contribution in [2.75, 3.05) is 12.4 Å². The molecule has 0 aliphatic carbocycles. The molecule has 1 heterocycles. The molecule has 0 saturated heterocycles. The molecule has 26 heavy (non-hydrogen) atoms. The van der Waals surface area contributed by atoms with Crippen LogP contribution in [0.4, 0.5) is 0 Å². The average molecular weight is 388 g/mol. The first-order chi connectivity index (χ1) is 12.7. The lowest BCUT2D eigenvalue weighted by Crippen LogP contribution is -2.20. The van der Waals surface area contributed by atoms with Crippen LogP contribution in [-0.4, -0.2) is 43.8 Å². The molecule has 1 unspecified atom stereocenters. The van der Waals surface area contributed by atoms with Crippen molar-refractivity contribution in [3.63, 3.8) is 0 Å². The molecule has 0 spiro atoms. The van der Waals surface area contributed by atoms with Crippen LogP contribution in [0.25, 0.3) is 5.69 Å². The molecule has 0 bridgehead atoms. The van der Waals surface area contributed by atoms with E-state index in [-0.39, 0.29) is 6.61 Å². The number of aromatic nitrogens is 4. The van der Waals surface area contributed by atoms with Gasteiger partial charge in [-0.15, -0.1) is 5.10 Å².